The Bertz CT molecular complexity index is 1480. The highest BCUT2D eigenvalue weighted by Crippen LogP contribution is 2.30. The lowest BCUT2D eigenvalue weighted by Crippen LogP contribution is -2.52. The summed E-state index contributed by atoms with van der Waals surface area (Å²) in [5.41, 5.74) is 2.30. The number of carbonyl (C=O) groups is 2. The van der Waals surface area contributed by atoms with E-state index in [1.807, 2.05) is 61.5 Å². The molecule has 3 aromatic carbocycles. The number of nitrogens with zero attached hydrogens (tertiary/aromatic N) is 2. The molecule has 0 aliphatic heterocycles. The topological polar surface area (TPSA) is 96.0 Å². The Morgan fingerprint density at radius 1 is 0.955 bits per heavy atom. The first-order valence-electron chi connectivity index (χ1n) is 15.2. The van der Waals surface area contributed by atoms with Gasteiger partial charge in [-0.15, -0.1) is 0 Å². The maximum Gasteiger partial charge on any atom is 0.243 e. The van der Waals surface area contributed by atoms with Crippen molar-refractivity contribution in [2.45, 2.75) is 70.5 Å². The lowest BCUT2D eigenvalue weighted by Gasteiger charge is -2.33. The van der Waals surface area contributed by atoms with Crippen LogP contribution < -0.4 is 14.4 Å². The molecule has 0 radical (unpaired) electrons. The first-order chi connectivity index (χ1) is 21.2. The Labute approximate surface area is 270 Å². The van der Waals surface area contributed by atoms with E-state index in [-0.39, 0.29) is 43.8 Å². The predicted molar refractivity (Wildman–Crippen MR) is 178 cm³/mol. The number of benzene rings is 3. The Morgan fingerprint density at radius 2 is 1.61 bits per heavy atom. The van der Waals surface area contributed by atoms with Crippen molar-refractivity contribution in [3.05, 3.63) is 94.5 Å². The number of nitrogens with one attached hydrogen (secondary N) is 1. The summed E-state index contributed by atoms with van der Waals surface area (Å²) >= 11 is 3.48. The number of carbonyl (C=O) groups excluding carboxylic acids is 2. The Morgan fingerprint density at radius 3 is 2.27 bits per heavy atom. The van der Waals surface area contributed by atoms with Gasteiger partial charge in [-0.3, -0.25) is 13.9 Å². The monoisotopic (exact) mass is 683 g/mol. The second-order valence-electron chi connectivity index (χ2n) is 11.2. The van der Waals surface area contributed by atoms with E-state index in [2.05, 4.69) is 21.2 Å². The van der Waals surface area contributed by atoms with Crippen molar-refractivity contribution in [1.29, 1.82) is 0 Å². The normalized spacial score (nSPS) is 14.2. The Balaban J connectivity index is 1.59. The van der Waals surface area contributed by atoms with Crippen LogP contribution in [-0.4, -0.2) is 56.6 Å². The van der Waals surface area contributed by atoms with Gasteiger partial charge in [0.05, 0.1) is 18.6 Å². The molecule has 10 heteroatoms. The zero-order valence-corrected chi connectivity index (χ0v) is 27.9. The number of halogens is 1. The van der Waals surface area contributed by atoms with Crippen molar-refractivity contribution < 1.29 is 22.7 Å². The van der Waals surface area contributed by atoms with Crippen molar-refractivity contribution in [3.8, 4) is 5.75 Å². The number of para-hydroxylation sites is 2. The zero-order chi connectivity index (χ0) is 31.5. The fourth-order valence-corrected chi connectivity index (χ4v) is 6.86. The number of ether oxygens (including phenoxy) is 1. The second-order valence-corrected chi connectivity index (χ2v) is 14.0. The maximum absolute atomic E-state index is 14.1. The smallest absolute Gasteiger partial charge is 0.243 e. The van der Waals surface area contributed by atoms with Crippen molar-refractivity contribution in [2.24, 2.45) is 0 Å². The highest BCUT2D eigenvalue weighted by molar-refractivity contribution is 9.10. The van der Waals surface area contributed by atoms with Gasteiger partial charge < -0.3 is 15.0 Å². The third-order valence-corrected chi connectivity index (χ3v) is 9.53. The van der Waals surface area contributed by atoms with Crippen LogP contribution in [0, 0.1) is 0 Å². The molecule has 1 saturated carbocycles. The summed E-state index contributed by atoms with van der Waals surface area (Å²) in [4.78, 5) is 29.6. The molecule has 1 unspecified atom stereocenters. The minimum atomic E-state index is -3.65. The molecule has 4 rings (SSSR count). The molecule has 0 bridgehead atoms. The summed E-state index contributed by atoms with van der Waals surface area (Å²) in [5.74, 6) is 0.103. The van der Waals surface area contributed by atoms with E-state index in [9.17, 15) is 18.0 Å². The van der Waals surface area contributed by atoms with Crippen molar-refractivity contribution in [3.63, 3.8) is 0 Å². The molecule has 0 spiro atoms. The summed E-state index contributed by atoms with van der Waals surface area (Å²) in [6.07, 6.45) is 5.91. The third kappa shape index (κ3) is 9.56. The number of rotatable bonds is 15. The minimum absolute atomic E-state index is 0.0708. The first-order valence-corrected chi connectivity index (χ1v) is 17.9. The number of anilines is 1. The zero-order valence-electron chi connectivity index (χ0n) is 25.5. The molecule has 236 valence electrons. The van der Waals surface area contributed by atoms with Crippen molar-refractivity contribution in [2.75, 3.05) is 23.7 Å². The van der Waals surface area contributed by atoms with Gasteiger partial charge in [-0.2, -0.15) is 0 Å². The molecule has 1 aliphatic rings. The fraction of sp³-hybridized carbons (Fsp3) is 0.412. The van der Waals surface area contributed by atoms with Crippen molar-refractivity contribution >= 4 is 43.5 Å². The summed E-state index contributed by atoms with van der Waals surface area (Å²) in [7, 11) is -3.65. The Hall–Kier alpha value is -3.37. The second kappa shape index (κ2) is 16.1. The largest absolute Gasteiger partial charge is 0.492 e. The summed E-state index contributed by atoms with van der Waals surface area (Å²) in [6, 6.07) is 23.8. The summed E-state index contributed by atoms with van der Waals surface area (Å²) in [6.45, 7) is 2.59. The molecule has 1 atom stereocenters. The summed E-state index contributed by atoms with van der Waals surface area (Å²) in [5, 5.41) is 3.22. The quantitative estimate of drug-likeness (QED) is 0.209. The molecule has 1 N–H and O–H groups in total. The van der Waals surface area contributed by atoms with Gasteiger partial charge in [0.1, 0.15) is 11.8 Å². The van der Waals surface area contributed by atoms with E-state index in [4.69, 9.17) is 4.74 Å². The molecule has 0 aromatic heterocycles. The summed E-state index contributed by atoms with van der Waals surface area (Å²) < 4.78 is 33.6. The van der Waals surface area contributed by atoms with Crippen LogP contribution in [0.2, 0.25) is 0 Å². The SMILES string of the molecule is CCOc1ccccc1N(CCCC(=O)N(Cc1ccc(Br)cc1)C(Cc1ccccc1)C(=O)NC1CCCC1)S(C)(=O)=O. The van der Waals surface area contributed by atoms with Gasteiger partial charge >= 0.3 is 0 Å². The lowest BCUT2D eigenvalue weighted by atomic mass is 10.0. The molecule has 44 heavy (non-hydrogen) atoms. The average Bonchev–Trinajstić information content (AvgIpc) is 3.51. The van der Waals surface area contributed by atoms with Gasteiger partial charge in [-0.25, -0.2) is 8.42 Å². The molecule has 1 fully saturated rings. The molecular weight excluding hydrogens is 642 g/mol. The van der Waals surface area contributed by atoms with Gasteiger partial charge in [0.25, 0.3) is 0 Å². The average molecular weight is 685 g/mol. The van der Waals surface area contributed by atoms with Gasteiger partial charge in [0.15, 0.2) is 0 Å². The predicted octanol–water partition coefficient (Wildman–Crippen LogP) is 6.09. The van der Waals surface area contributed by atoms with Crippen LogP contribution in [0.1, 0.15) is 56.6 Å². The highest BCUT2D eigenvalue weighted by atomic mass is 79.9. The highest BCUT2D eigenvalue weighted by Gasteiger charge is 2.32. The van der Waals surface area contributed by atoms with E-state index in [0.717, 1.165) is 47.5 Å². The van der Waals surface area contributed by atoms with E-state index in [1.165, 1.54) is 4.31 Å². The van der Waals surface area contributed by atoms with E-state index < -0.39 is 16.1 Å². The number of amides is 2. The van der Waals surface area contributed by atoms with Crippen LogP contribution in [-0.2, 0) is 32.6 Å². The molecular formula is C34H42BrN3O5S. The van der Waals surface area contributed by atoms with Gasteiger partial charge in [-0.05, 0) is 61.6 Å². The van der Waals surface area contributed by atoms with Crippen LogP contribution >= 0.6 is 15.9 Å². The van der Waals surface area contributed by atoms with E-state index in [1.54, 1.807) is 29.2 Å². The molecule has 2 amide bonds. The van der Waals surface area contributed by atoms with Crippen molar-refractivity contribution in [1.82, 2.24) is 10.2 Å². The third-order valence-electron chi connectivity index (χ3n) is 7.82. The van der Waals surface area contributed by atoms with Crippen LogP contribution in [0.3, 0.4) is 0 Å². The standard InChI is InChI=1S/C34H42BrN3O5S/c1-3-43-32-17-10-9-16-30(32)38(44(2,41)42)23-11-18-33(39)37(25-27-19-21-28(35)22-20-27)31(24-26-12-5-4-6-13-26)34(40)36-29-14-7-8-15-29/h4-6,9-10,12-13,16-17,19-22,29,31H,3,7-8,11,14-15,18,23-25H2,1-2H3,(H,36,40). The molecule has 1 aliphatic carbocycles. The van der Waals surface area contributed by atoms with Crippen LogP contribution in [0.15, 0.2) is 83.3 Å². The Kier molecular flexibility index (Phi) is 12.3. The fourth-order valence-electron chi connectivity index (χ4n) is 5.63. The molecule has 0 heterocycles. The molecule has 8 nitrogen and oxygen atoms in total. The van der Waals surface area contributed by atoms with Crippen LogP contribution in [0.25, 0.3) is 0 Å². The van der Waals surface area contributed by atoms with Gasteiger partial charge in [0, 0.05) is 36.4 Å². The maximum atomic E-state index is 14.1. The van der Waals surface area contributed by atoms with Gasteiger partial charge in [-0.1, -0.05) is 83.4 Å². The van der Waals surface area contributed by atoms with E-state index in [0.29, 0.717) is 24.5 Å². The van der Waals surface area contributed by atoms with Crippen LogP contribution in [0.4, 0.5) is 5.69 Å². The molecule has 3 aromatic rings. The lowest BCUT2D eigenvalue weighted by molar-refractivity contribution is -0.141. The van der Waals surface area contributed by atoms with E-state index >= 15 is 0 Å². The number of hydrogen-bond acceptors (Lipinski definition) is 5. The van der Waals surface area contributed by atoms with Gasteiger partial charge in [0.2, 0.25) is 21.8 Å². The first kappa shape index (κ1) is 33.5. The minimum Gasteiger partial charge on any atom is -0.492 e. The number of sulfonamides is 1. The molecule has 0 saturated heterocycles. The number of hydrogen-bond donors (Lipinski definition) is 1. The van der Waals surface area contributed by atoms with Crippen LogP contribution in [0.5, 0.6) is 5.75 Å².